The number of benzene rings is 2. The van der Waals surface area contributed by atoms with Crippen LogP contribution < -0.4 is 10.6 Å². The fourth-order valence-electron chi connectivity index (χ4n) is 2.49. The molecule has 0 unspecified atom stereocenters. The predicted molar refractivity (Wildman–Crippen MR) is 104 cm³/mol. The summed E-state index contributed by atoms with van der Waals surface area (Å²) in [5, 5.41) is 5.78. The Hall–Kier alpha value is -2.66. The van der Waals surface area contributed by atoms with E-state index in [2.05, 4.69) is 15.5 Å². The first-order valence-corrected chi connectivity index (χ1v) is 8.82. The molecule has 0 saturated heterocycles. The summed E-state index contributed by atoms with van der Waals surface area (Å²) < 4.78 is 0. The van der Waals surface area contributed by atoms with Crippen molar-refractivity contribution in [3.8, 4) is 0 Å². The van der Waals surface area contributed by atoms with Crippen molar-refractivity contribution in [2.24, 2.45) is 0 Å². The minimum Gasteiger partial charge on any atom is -0.352 e. The molecule has 0 aliphatic heterocycles. The van der Waals surface area contributed by atoms with Crippen LogP contribution in [0.2, 0.25) is 0 Å². The van der Waals surface area contributed by atoms with Crippen molar-refractivity contribution in [3.05, 3.63) is 70.8 Å². The van der Waals surface area contributed by atoms with Gasteiger partial charge in [-0.3, -0.25) is 9.59 Å². The maximum atomic E-state index is 12.3. The molecular weight excluding hydrogens is 326 g/mol. The maximum absolute atomic E-state index is 12.3. The van der Waals surface area contributed by atoms with Crippen LogP contribution in [-0.4, -0.2) is 43.9 Å². The highest BCUT2D eigenvalue weighted by Gasteiger charge is 2.10. The Labute approximate surface area is 155 Å². The summed E-state index contributed by atoms with van der Waals surface area (Å²) in [6, 6.07) is 14.8. The molecular formula is C21H27N3O2. The second-order valence-corrected chi connectivity index (χ2v) is 6.66. The zero-order valence-electron chi connectivity index (χ0n) is 15.7. The van der Waals surface area contributed by atoms with Crippen molar-refractivity contribution in [1.82, 2.24) is 15.5 Å². The number of rotatable bonds is 8. The minimum absolute atomic E-state index is 0.156. The first kappa shape index (κ1) is 19.7. The van der Waals surface area contributed by atoms with Crippen LogP contribution in [0.4, 0.5) is 0 Å². The standard InChI is InChI=1S/C21H27N3O2/c1-16-8-10-17(11-9-16)15-23-21(26)19-7-4-6-18(14-19)20(25)22-12-5-13-24(2)3/h4,6-11,14H,5,12-13,15H2,1-3H3,(H,22,25)(H,23,26). The van der Waals surface area contributed by atoms with Gasteiger partial charge in [0.05, 0.1) is 0 Å². The van der Waals surface area contributed by atoms with E-state index in [9.17, 15) is 9.59 Å². The fourth-order valence-corrected chi connectivity index (χ4v) is 2.49. The number of hydrogen-bond donors (Lipinski definition) is 2. The van der Waals surface area contributed by atoms with Crippen LogP contribution in [-0.2, 0) is 6.54 Å². The van der Waals surface area contributed by atoms with Gasteiger partial charge in [-0.1, -0.05) is 35.9 Å². The van der Waals surface area contributed by atoms with E-state index in [1.165, 1.54) is 5.56 Å². The van der Waals surface area contributed by atoms with Crippen molar-refractivity contribution in [2.45, 2.75) is 19.9 Å². The van der Waals surface area contributed by atoms with Gasteiger partial charge in [-0.2, -0.15) is 0 Å². The van der Waals surface area contributed by atoms with Crippen molar-refractivity contribution in [3.63, 3.8) is 0 Å². The number of carbonyl (C=O) groups is 2. The van der Waals surface area contributed by atoms with Gasteiger partial charge in [0.25, 0.3) is 11.8 Å². The Kier molecular flexibility index (Phi) is 7.36. The molecule has 26 heavy (non-hydrogen) atoms. The normalized spacial score (nSPS) is 10.6. The molecule has 0 atom stereocenters. The fraction of sp³-hybridized carbons (Fsp3) is 0.333. The van der Waals surface area contributed by atoms with Crippen LogP contribution in [0.5, 0.6) is 0 Å². The number of nitrogens with one attached hydrogen (secondary N) is 2. The molecule has 2 aromatic carbocycles. The van der Waals surface area contributed by atoms with Gasteiger partial charge >= 0.3 is 0 Å². The number of aryl methyl sites for hydroxylation is 1. The van der Waals surface area contributed by atoms with Crippen LogP contribution in [0.15, 0.2) is 48.5 Å². The van der Waals surface area contributed by atoms with Crippen LogP contribution >= 0.6 is 0 Å². The lowest BCUT2D eigenvalue weighted by atomic mass is 10.1. The molecule has 5 heteroatoms. The van der Waals surface area contributed by atoms with Crippen LogP contribution in [0.25, 0.3) is 0 Å². The second kappa shape index (κ2) is 9.73. The lowest BCUT2D eigenvalue weighted by Crippen LogP contribution is -2.28. The lowest BCUT2D eigenvalue weighted by Gasteiger charge is -2.10. The zero-order valence-corrected chi connectivity index (χ0v) is 15.7. The Morgan fingerprint density at radius 1 is 0.923 bits per heavy atom. The number of nitrogens with zero attached hydrogens (tertiary/aromatic N) is 1. The van der Waals surface area contributed by atoms with E-state index in [1.54, 1.807) is 24.3 Å². The van der Waals surface area contributed by atoms with E-state index >= 15 is 0 Å². The summed E-state index contributed by atoms with van der Waals surface area (Å²) in [6.45, 7) is 4.02. The third kappa shape index (κ3) is 6.33. The molecule has 0 aliphatic carbocycles. The third-order valence-electron chi connectivity index (χ3n) is 4.03. The highest BCUT2D eigenvalue weighted by molar-refractivity contribution is 5.99. The van der Waals surface area contributed by atoms with Crippen LogP contribution in [0.1, 0.15) is 38.3 Å². The molecule has 0 aliphatic rings. The zero-order chi connectivity index (χ0) is 18.9. The van der Waals surface area contributed by atoms with E-state index in [-0.39, 0.29) is 11.8 Å². The smallest absolute Gasteiger partial charge is 0.251 e. The van der Waals surface area contributed by atoms with E-state index in [1.807, 2.05) is 45.3 Å². The van der Waals surface area contributed by atoms with Gasteiger partial charge in [0.2, 0.25) is 0 Å². The lowest BCUT2D eigenvalue weighted by molar-refractivity contribution is 0.0950. The van der Waals surface area contributed by atoms with E-state index < -0.39 is 0 Å². The van der Waals surface area contributed by atoms with Crippen LogP contribution in [0, 0.1) is 6.92 Å². The molecule has 2 N–H and O–H groups in total. The molecule has 5 nitrogen and oxygen atoms in total. The monoisotopic (exact) mass is 353 g/mol. The molecule has 0 spiro atoms. The highest BCUT2D eigenvalue weighted by atomic mass is 16.2. The quantitative estimate of drug-likeness (QED) is 0.717. The van der Waals surface area contributed by atoms with Gasteiger partial charge in [0.1, 0.15) is 0 Å². The SMILES string of the molecule is Cc1ccc(CNC(=O)c2cccc(C(=O)NCCCN(C)C)c2)cc1. The first-order valence-electron chi connectivity index (χ1n) is 8.82. The van der Waals surface area contributed by atoms with Gasteiger partial charge in [-0.25, -0.2) is 0 Å². The Morgan fingerprint density at radius 2 is 1.54 bits per heavy atom. The Morgan fingerprint density at radius 3 is 2.15 bits per heavy atom. The molecule has 2 aromatic rings. The van der Waals surface area contributed by atoms with Crippen molar-refractivity contribution < 1.29 is 9.59 Å². The number of hydrogen-bond acceptors (Lipinski definition) is 3. The van der Waals surface area contributed by atoms with E-state index in [0.717, 1.165) is 18.5 Å². The summed E-state index contributed by atoms with van der Waals surface area (Å²) in [4.78, 5) is 26.6. The molecule has 138 valence electrons. The summed E-state index contributed by atoms with van der Waals surface area (Å²) in [7, 11) is 4.00. The van der Waals surface area contributed by atoms with Gasteiger partial charge in [-0.05, 0) is 57.7 Å². The van der Waals surface area contributed by atoms with Gasteiger partial charge in [0.15, 0.2) is 0 Å². The van der Waals surface area contributed by atoms with E-state index in [4.69, 9.17) is 0 Å². The van der Waals surface area contributed by atoms with Crippen molar-refractivity contribution in [1.29, 1.82) is 0 Å². The van der Waals surface area contributed by atoms with E-state index in [0.29, 0.717) is 24.2 Å². The summed E-state index contributed by atoms with van der Waals surface area (Å²) in [6.07, 6.45) is 0.884. The molecule has 0 saturated carbocycles. The number of carbonyl (C=O) groups excluding carboxylic acids is 2. The molecule has 2 rings (SSSR count). The summed E-state index contributed by atoms with van der Waals surface area (Å²) in [5.74, 6) is -0.343. The average molecular weight is 353 g/mol. The molecule has 0 bridgehead atoms. The Bertz CT molecular complexity index is 739. The maximum Gasteiger partial charge on any atom is 0.251 e. The van der Waals surface area contributed by atoms with Gasteiger partial charge in [0, 0.05) is 24.2 Å². The molecule has 2 amide bonds. The number of amides is 2. The van der Waals surface area contributed by atoms with Gasteiger partial charge in [-0.15, -0.1) is 0 Å². The molecule has 0 fully saturated rings. The van der Waals surface area contributed by atoms with Crippen LogP contribution in [0.3, 0.4) is 0 Å². The third-order valence-corrected chi connectivity index (χ3v) is 4.03. The van der Waals surface area contributed by atoms with Crippen molar-refractivity contribution in [2.75, 3.05) is 27.2 Å². The summed E-state index contributed by atoms with van der Waals surface area (Å²) in [5.41, 5.74) is 3.21. The predicted octanol–water partition coefficient (Wildman–Crippen LogP) is 2.61. The largest absolute Gasteiger partial charge is 0.352 e. The topological polar surface area (TPSA) is 61.4 Å². The van der Waals surface area contributed by atoms with Gasteiger partial charge < -0.3 is 15.5 Å². The highest BCUT2D eigenvalue weighted by Crippen LogP contribution is 2.07. The second-order valence-electron chi connectivity index (χ2n) is 6.66. The molecule has 0 radical (unpaired) electrons. The summed E-state index contributed by atoms with van der Waals surface area (Å²) >= 11 is 0. The first-order chi connectivity index (χ1) is 12.5. The Balaban J connectivity index is 1.89. The van der Waals surface area contributed by atoms with Crippen molar-refractivity contribution >= 4 is 11.8 Å². The minimum atomic E-state index is -0.187. The molecule has 0 heterocycles. The molecule has 0 aromatic heterocycles. The average Bonchev–Trinajstić information content (AvgIpc) is 2.64.